The Bertz CT molecular complexity index is 1060. The van der Waals surface area contributed by atoms with E-state index in [1.165, 1.54) is 22.9 Å². The number of pyridine rings is 2. The van der Waals surface area contributed by atoms with Gasteiger partial charge in [-0.2, -0.15) is 13.2 Å². The zero-order valence-electron chi connectivity index (χ0n) is 15.1. The van der Waals surface area contributed by atoms with Crippen LogP contribution >= 0.6 is 0 Å². The molecule has 1 aromatic carbocycles. The van der Waals surface area contributed by atoms with Crippen molar-refractivity contribution in [2.45, 2.75) is 26.1 Å². The third kappa shape index (κ3) is 3.90. The summed E-state index contributed by atoms with van der Waals surface area (Å²) in [6, 6.07) is 8.83. The average Bonchev–Trinajstić information content (AvgIpc) is 2.68. The van der Waals surface area contributed by atoms with Gasteiger partial charge in [0.2, 0.25) is 5.43 Å². The van der Waals surface area contributed by atoms with Crippen LogP contribution < -0.4 is 10.7 Å². The molecule has 0 bridgehead atoms. The molecule has 0 aliphatic carbocycles. The van der Waals surface area contributed by atoms with Crippen LogP contribution in [0.5, 0.6) is 0 Å². The summed E-state index contributed by atoms with van der Waals surface area (Å²) in [6.07, 6.45) is -1.30. The number of carbonyl (C=O) groups is 1. The molecule has 1 amide bonds. The van der Waals surface area contributed by atoms with Crippen LogP contribution in [0.2, 0.25) is 0 Å². The summed E-state index contributed by atoms with van der Waals surface area (Å²) in [5.41, 5.74) is -1.24. The van der Waals surface area contributed by atoms with Crippen LogP contribution in [-0.2, 0) is 19.1 Å². The number of hydrogen-bond acceptors (Lipinski definition) is 3. The first-order chi connectivity index (χ1) is 13.3. The maximum absolute atomic E-state index is 13.4. The fourth-order valence-corrected chi connectivity index (χ4v) is 3.05. The molecule has 28 heavy (non-hydrogen) atoms. The molecule has 0 aliphatic heterocycles. The van der Waals surface area contributed by atoms with E-state index in [0.717, 1.165) is 11.8 Å². The lowest BCUT2D eigenvalue weighted by Gasteiger charge is -2.16. The van der Waals surface area contributed by atoms with Crippen LogP contribution in [-0.4, -0.2) is 22.0 Å². The molecule has 0 aliphatic rings. The van der Waals surface area contributed by atoms with Crippen molar-refractivity contribution >= 4 is 16.8 Å². The highest BCUT2D eigenvalue weighted by Gasteiger charge is 2.34. The smallest absolute Gasteiger partial charge is 0.351 e. The standard InChI is InChI=1S/C20H18F3N3O2/c1-2-26-12-15(19(28)25-11-9-13-6-3-4-10-24-13)18(27)14-7-5-8-16(17(14)26)20(21,22)23/h3-8,10,12H,2,9,11H2,1H3,(H,25,28). The quantitative estimate of drug-likeness (QED) is 0.727. The van der Waals surface area contributed by atoms with Crippen molar-refractivity contribution < 1.29 is 18.0 Å². The first-order valence-corrected chi connectivity index (χ1v) is 8.74. The predicted molar refractivity (Wildman–Crippen MR) is 99.2 cm³/mol. The topological polar surface area (TPSA) is 64.0 Å². The average molecular weight is 389 g/mol. The molecule has 0 radical (unpaired) electrons. The second-order valence-corrected chi connectivity index (χ2v) is 6.18. The Morgan fingerprint density at radius 1 is 1.18 bits per heavy atom. The Hall–Kier alpha value is -3.16. The summed E-state index contributed by atoms with van der Waals surface area (Å²) >= 11 is 0. The van der Waals surface area contributed by atoms with E-state index in [1.807, 2.05) is 12.1 Å². The Kier molecular flexibility index (Phi) is 5.48. The molecule has 2 aromatic heterocycles. The second kappa shape index (κ2) is 7.84. The molecule has 0 saturated heterocycles. The molecule has 2 heterocycles. The second-order valence-electron chi connectivity index (χ2n) is 6.18. The van der Waals surface area contributed by atoms with E-state index in [9.17, 15) is 22.8 Å². The molecular weight excluding hydrogens is 371 g/mol. The van der Waals surface area contributed by atoms with Gasteiger partial charge >= 0.3 is 6.18 Å². The summed E-state index contributed by atoms with van der Waals surface area (Å²) in [6.45, 7) is 2.08. The van der Waals surface area contributed by atoms with Gasteiger partial charge in [-0.1, -0.05) is 12.1 Å². The molecule has 0 unspecified atom stereocenters. The van der Waals surface area contributed by atoms with Crippen molar-refractivity contribution in [3.8, 4) is 0 Å². The van der Waals surface area contributed by atoms with Crippen molar-refractivity contribution in [1.29, 1.82) is 0 Å². The maximum atomic E-state index is 13.4. The highest BCUT2D eigenvalue weighted by molar-refractivity contribution is 5.97. The van der Waals surface area contributed by atoms with Gasteiger partial charge in [0.25, 0.3) is 5.91 Å². The van der Waals surface area contributed by atoms with Crippen LogP contribution in [0.15, 0.2) is 53.6 Å². The number of amides is 1. The number of carbonyl (C=O) groups excluding carboxylic acids is 1. The highest BCUT2D eigenvalue weighted by atomic mass is 19.4. The van der Waals surface area contributed by atoms with Gasteiger partial charge in [-0.3, -0.25) is 14.6 Å². The van der Waals surface area contributed by atoms with Crippen LogP contribution in [0, 0.1) is 0 Å². The fraction of sp³-hybridized carbons (Fsp3) is 0.250. The molecule has 0 fully saturated rings. The number of rotatable bonds is 5. The largest absolute Gasteiger partial charge is 0.418 e. The van der Waals surface area contributed by atoms with Gasteiger partial charge in [0.05, 0.1) is 11.1 Å². The summed E-state index contributed by atoms with van der Waals surface area (Å²) < 4.78 is 41.3. The third-order valence-corrected chi connectivity index (χ3v) is 4.38. The first kappa shape index (κ1) is 19.6. The van der Waals surface area contributed by atoms with Gasteiger partial charge in [0, 0.05) is 43.0 Å². The van der Waals surface area contributed by atoms with E-state index >= 15 is 0 Å². The molecular formula is C20H18F3N3O2. The molecule has 146 valence electrons. The van der Waals surface area contributed by atoms with Gasteiger partial charge in [0.15, 0.2) is 0 Å². The Morgan fingerprint density at radius 2 is 1.96 bits per heavy atom. The van der Waals surface area contributed by atoms with Crippen LogP contribution in [0.1, 0.15) is 28.5 Å². The van der Waals surface area contributed by atoms with Gasteiger partial charge in [0.1, 0.15) is 5.56 Å². The maximum Gasteiger partial charge on any atom is 0.418 e. The van der Waals surface area contributed by atoms with E-state index in [4.69, 9.17) is 0 Å². The Balaban J connectivity index is 1.95. The van der Waals surface area contributed by atoms with Gasteiger partial charge < -0.3 is 9.88 Å². The lowest BCUT2D eigenvalue weighted by atomic mass is 10.1. The normalized spacial score (nSPS) is 11.6. The van der Waals surface area contributed by atoms with E-state index < -0.39 is 23.1 Å². The van der Waals surface area contributed by atoms with E-state index in [-0.39, 0.29) is 29.6 Å². The van der Waals surface area contributed by atoms with Crippen LogP contribution in [0.3, 0.4) is 0 Å². The van der Waals surface area contributed by atoms with E-state index in [0.29, 0.717) is 6.42 Å². The summed E-state index contributed by atoms with van der Waals surface area (Å²) in [5.74, 6) is -0.623. The molecule has 0 spiro atoms. The summed E-state index contributed by atoms with van der Waals surface area (Å²) in [4.78, 5) is 29.3. The summed E-state index contributed by atoms with van der Waals surface area (Å²) in [5, 5.41) is 2.50. The molecule has 3 rings (SSSR count). The number of nitrogens with zero attached hydrogens (tertiary/aromatic N) is 2. The number of aromatic nitrogens is 2. The van der Waals surface area contributed by atoms with Gasteiger partial charge in [-0.05, 0) is 31.2 Å². The van der Waals surface area contributed by atoms with Crippen molar-refractivity contribution in [2.75, 3.05) is 6.54 Å². The number of fused-ring (bicyclic) bond motifs is 1. The van der Waals surface area contributed by atoms with Gasteiger partial charge in [-0.25, -0.2) is 0 Å². The highest BCUT2D eigenvalue weighted by Crippen LogP contribution is 2.34. The molecule has 0 saturated carbocycles. The molecule has 5 nitrogen and oxygen atoms in total. The van der Waals surface area contributed by atoms with E-state index in [2.05, 4.69) is 10.3 Å². The fourth-order valence-electron chi connectivity index (χ4n) is 3.05. The number of nitrogens with one attached hydrogen (secondary N) is 1. The van der Waals surface area contributed by atoms with Crippen LogP contribution in [0.4, 0.5) is 13.2 Å². The van der Waals surface area contributed by atoms with Gasteiger partial charge in [-0.15, -0.1) is 0 Å². The Morgan fingerprint density at radius 3 is 2.61 bits per heavy atom. The zero-order chi connectivity index (χ0) is 20.3. The zero-order valence-corrected chi connectivity index (χ0v) is 15.1. The predicted octanol–water partition coefficient (Wildman–Crippen LogP) is 3.41. The number of para-hydroxylation sites is 1. The molecule has 3 aromatic rings. The number of hydrogen-bond donors (Lipinski definition) is 1. The van der Waals surface area contributed by atoms with Crippen molar-refractivity contribution in [3.05, 3.63) is 75.8 Å². The minimum absolute atomic E-state index is 0.131. The molecule has 1 N–H and O–H groups in total. The number of benzene rings is 1. The monoisotopic (exact) mass is 389 g/mol. The number of halogens is 3. The van der Waals surface area contributed by atoms with Crippen molar-refractivity contribution in [1.82, 2.24) is 14.9 Å². The van der Waals surface area contributed by atoms with Crippen molar-refractivity contribution in [2.24, 2.45) is 0 Å². The minimum Gasteiger partial charge on any atom is -0.351 e. The number of aryl methyl sites for hydroxylation is 1. The van der Waals surface area contributed by atoms with E-state index in [1.54, 1.807) is 19.2 Å². The first-order valence-electron chi connectivity index (χ1n) is 8.74. The SMILES string of the molecule is CCn1cc(C(=O)NCCc2ccccn2)c(=O)c2cccc(C(F)(F)F)c21. The lowest BCUT2D eigenvalue weighted by molar-refractivity contribution is -0.136. The third-order valence-electron chi connectivity index (χ3n) is 4.38. The Labute approximate surface area is 158 Å². The minimum atomic E-state index is -4.60. The summed E-state index contributed by atoms with van der Waals surface area (Å²) in [7, 11) is 0. The van der Waals surface area contributed by atoms with Crippen LogP contribution in [0.25, 0.3) is 10.9 Å². The molecule has 0 atom stereocenters. The lowest BCUT2D eigenvalue weighted by Crippen LogP contribution is -2.31. The van der Waals surface area contributed by atoms with Crippen molar-refractivity contribution in [3.63, 3.8) is 0 Å². The molecule has 8 heteroatoms. The number of alkyl halides is 3.